The van der Waals surface area contributed by atoms with Crippen molar-refractivity contribution in [3.63, 3.8) is 0 Å². The summed E-state index contributed by atoms with van der Waals surface area (Å²) in [6, 6.07) is 3.93. The SMILES string of the molecule is C=CCc1c(-c2ccc(C(=O)N3CCCCC3)s2)n[nH]c1C. The average Bonchev–Trinajstić information content (AvgIpc) is 3.16. The Bertz CT molecular complexity index is 680. The number of rotatable bonds is 4. The molecule has 3 rings (SSSR count). The van der Waals surface area contributed by atoms with Crippen LogP contribution in [0.5, 0.6) is 0 Å². The highest BCUT2D eigenvalue weighted by Crippen LogP contribution is 2.31. The molecule has 4 nitrogen and oxygen atoms in total. The Morgan fingerprint density at radius 2 is 2.18 bits per heavy atom. The third-order valence-electron chi connectivity index (χ3n) is 4.12. The fraction of sp³-hybridized carbons (Fsp3) is 0.412. The van der Waals surface area contributed by atoms with Crippen LogP contribution in [0.25, 0.3) is 10.6 Å². The smallest absolute Gasteiger partial charge is 0.263 e. The number of aryl methyl sites for hydroxylation is 1. The van der Waals surface area contributed by atoms with E-state index in [0.717, 1.165) is 59.1 Å². The molecule has 22 heavy (non-hydrogen) atoms. The van der Waals surface area contributed by atoms with Crippen molar-refractivity contribution in [2.24, 2.45) is 0 Å². The highest BCUT2D eigenvalue weighted by Gasteiger charge is 2.21. The van der Waals surface area contributed by atoms with E-state index in [-0.39, 0.29) is 5.91 Å². The summed E-state index contributed by atoms with van der Waals surface area (Å²) in [5.74, 6) is 0.161. The molecule has 2 aromatic heterocycles. The number of nitrogens with one attached hydrogen (secondary N) is 1. The summed E-state index contributed by atoms with van der Waals surface area (Å²) in [6.07, 6.45) is 6.13. The van der Waals surface area contributed by atoms with Gasteiger partial charge in [0.05, 0.1) is 9.75 Å². The first-order valence-corrected chi connectivity index (χ1v) is 8.56. The zero-order valence-corrected chi connectivity index (χ0v) is 13.7. The molecule has 1 fully saturated rings. The minimum atomic E-state index is 0.161. The Hall–Kier alpha value is -1.88. The van der Waals surface area contributed by atoms with Gasteiger partial charge in [0.1, 0.15) is 5.69 Å². The lowest BCUT2D eigenvalue weighted by Gasteiger charge is -2.26. The number of carbonyl (C=O) groups is 1. The highest BCUT2D eigenvalue weighted by molar-refractivity contribution is 7.17. The van der Waals surface area contributed by atoms with Gasteiger partial charge in [0.25, 0.3) is 5.91 Å². The zero-order chi connectivity index (χ0) is 15.5. The quantitative estimate of drug-likeness (QED) is 0.872. The first kappa shape index (κ1) is 15.0. The second-order valence-corrected chi connectivity index (χ2v) is 6.77. The van der Waals surface area contributed by atoms with Gasteiger partial charge >= 0.3 is 0 Å². The van der Waals surface area contributed by atoms with Gasteiger partial charge in [0.2, 0.25) is 0 Å². The predicted molar refractivity (Wildman–Crippen MR) is 90.3 cm³/mol. The van der Waals surface area contributed by atoms with Crippen molar-refractivity contribution < 1.29 is 4.79 Å². The maximum absolute atomic E-state index is 12.6. The maximum Gasteiger partial charge on any atom is 0.263 e. The summed E-state index contributed by atoms with van der Waals surface area (Å²) < 4.78 is 0. The monoisotopic (exact) mass is 315 g/mol. The molecular formula is C17H21N3OS. The number of piperidine rings is 1. The number of nitrogens with zero attached hydrogens (tertiary/aromatic N) is 2. The van der Waals surface area contributed by atoms with Gasteiger partial charge < -0.3 is 4.90 Å². The van der Waals surface area contributed by atoms with E-state index in [2.05, 4.69) is 16.8 Å². The fourth-order valence-electron chi connectivity index (χ4n) is 2.88. The molecule has 0 atom stereocenters. The molecule has 0 bridgehead atoms. The zero-order valence-electron chi connectivity index (χ0n) is 12.9. The number of aromatic nitrogens is 2. The number of likely N-dealkylation sites (tertiary alicyclic amines) is 1. The molecule has 0 aromatic carbocycles. The maximum atomic E-state index is 12.6. The molecule has 1 saturated heterocycles. The van der Waals surface area contributed by atoms with Gasteiger partial charge in [-0.05, 0) is 44.7 Å². The van der Waals surface area contributed by atoms with Crippen LogP contribution >= 0.6 is 11.3 Å². The van der Waals surface area contributed by atoms with Crippen molar-refractivity contribution in [3.8, 4) is 10.6 Å². The van der Waals surface area contributed by atoms with Crippen molar-refractivity contribution in [3.05, 3.63) is 40.9 Å². The molecule has 116 valence electrons. The largest absolute Gasteiger partial charge is 0.338 e. The van der Waals surface area contributed by atoms with E-state index in [0.29, 0.717) is 0 Å². The molecule has 2 aromatic rings. The molecule has 0 spiro atoms. The Labute approximate surface area is 134 Å². The first-order chi connectivity index (χ1) is 10.7. The number of allylic oxidation sites excluding steroid dienone is 1. The minimum absolute atomic E-state index is 0.161. The highest BCUT2D eigenvalue weighted by atomic mass is 32.1. The number of hydrogen-bond donors (Lipinski definition) is 1. The lowest BCUT2D eigenvalue weighted by atomic mass is 10.1. The normalized spacial score (nSPS) is 15.0. The summed E-state index contributed by atoms with van der Waals surface area (Å²) in [4.78, 5) is 16.4. The van der Waals surface area contributed by atoms with Crippen molar-refractivity contribution in [1.82, 2.24) is 15.1 Å². The second-order valence-electron chi connectivity index (χ2n) is 5.69. The number of thiophene rings is 1. The molecular weight excluding hydrogens is 294 g/mol. The Kier molecular flexibility index (Phi) is 4.43. The van der Waals surface area contributed by atoms with Gasteiger partial charge in [-0.3, -0.25) is 9.89 Å². The minimum Gasteiger partial charge on any atom is -0.338 e. The number of amides is 1. The lowest BCUT2D eigenvalue weighted by molar-refractivity contribution is 0.0729. The van der Waals surface area contributed by atoms with E-state index in [1.54, 1.807) is 0 Å². The van der Waals surface area contributed by atoms with Crippen molar-refractivity contribution in [1.29, 1.82) is 0 Å². The van der Waals surface area contributed by atoms with Crippen molar-refractivity contribution >= 4 is 17.2 Å². The van der Waals surface area contributed by atoms with E-state index < -0.39 is 0 Å². The van der Waals surface area contributed by atoms with Gasteiger partial charge in [-0.1, -0.05) is 6.08 Å². The van der Waals surface area contributed by atoms with Crippen LogP contribution in [-0.4, -0.2) is 34.1 Å². The average molecular weight is 315 g/mol. The topological polar surface area (TPSA) is 49.0 Å². The Morgan fingerprint density at radius 3 is 2.91 bits per heavy atom. The Morgan fingerprint density at radius 1 is 1.41 bits per heavy atom. The van der Waals surface area contributed by atoms with Crippen LogP contribution in [0.4, 0.5) is 0 Å². The molecule has 3 heterocycles. The van der Waals surface area contributed by atoms with E-state index in [1.165, 1.54) is 17.8 Å². The molecule has 0 aliphatic carbocycles. The van der Waals surface area contributed by atoms with Crippen LogP contribution in [0, 0.1) is 6.92 Å². The fourth-order valence-corrected chi connectivity index (χ4v) is 3.87. The molecule has 0 radical (unpaired) electrons. The van der Waals surface area contributed by atoms with Gasteiger partial charge in [-0.15, -0.1) is 17.9 Å². The van der Waals surface area contributed by atoms with Gasteiger partial charge in [0, 0.05) is 24.3 Å². The molecule has 0 unspecified atom stereocenters. The number of aromatic amines is 1. The Balaban J connectivity index is 1.84. The molecule has 0 saturated carbocycles. The second kappa shape index (κ2) is 6.48. The number of hydrogen-bond acceptors (Lipinski definition) is 3. The number of carbonyl (C=O) groups excluding carboxylic acids is 1. The summed E-state index contributed by atoms with van der Waals surface area (Å²) in [7, 11) is 0. The molecule has 1 aliphatic heterocycles. The first-order valence-electron chi connectivity index (χ1n) is 7.75. The summed E-state index contributed by atoms with van der Waals surface area (Å²) in [5.41, 5.74) is 3.17. The standard InChI is InChI=1S/C17H21N3OS/c1-3-7-13-12(2)18-19-16(13)14-8-9-15(22-14)17(21)20-10-5-4-6-11-20/h3,8-9H,1,4-7,10-11H2,2H3,(H,18,19). The van der Waals surface area contributed by atoms with Crippen LogP contribution in [0.15, 0.2) is 24.8 Å². The van der Waals surface area contributed by atoms with Crippen LogP contribution in [-0.2, 0) is 6.42 Å². The van der Waals surface area contributed by atoms with E-state index >= 15 is 0 Å². The van der Waals surface area contributed by atoms with Crippen LogP contribution in [0.1, 0.15) is 40.2 Å². The summed E-state index contributed by atoms with van der Waals surface area (Å²) in [6.45, 7) is 7.59. The molecule has 1 N–H and O–H groups in total. The lowest BCUT2D eigenvalue weighted by Crippen LogP contribution is -2.35. The van der Waals surface area contributed by atoms with Gasteiger partial charge in [-0.2, -0.15) is 5.10 Å². The van der Waals surface area contributed by atoms with Crippen LogP contribution < -0.4 is 0 Å². The molecule has 5 heteroatoms. The van der Waals surface area contributed by atoms with Crippen molar-refractivity contribution in [2.75, 3.05) is 13.1 Å². The predicted octanol–water partition coefficient (Wildman–Crippen LogP) is 3.80. The third-order valence-corrected chi connectivity index (χ3v) is 5.20. The van der Waals surface area contributed by atoms with Crippen LogP contribution in [0.2, 0.25) is 0 Å². The third kappa shape index (κ3) is 2.86. The van der Waals surface area contributed by atoms with Gasteiger partial charge in [0.15, 0.2) is 0 Å². The molecule has 1 aliphatic rings. The van der Waals surface area contributed by atoms with E-state index in [4.69, 9.17) is 0 Å². The summed E-state index contributed by atoms with van der Waals surface area (Å²) >= 11 is 1.53. The summed E-state index contributed by atoms with van der Waals surface area (Å²) in [5, 5.41) is 7.44. The van der Waals surface area contributed by atoms with Crippen LogP contribution in [0.3, 0.4) is 0 Å². The van der Waals surface area contributed by atoms with Crippen molar-refractivity contribution in [2.45, 2.75) is 32.6 Å². The van der Waals surface area contributed by atoms with E-state index in [9.17, 15) is 4.79 Å². The van der Waals surface area contributed by atoms with E-state index in [1.807, 2.05) is 30.0 Å². The van der Waals surface area contributed by atoms with Gasteiger partial charge in [-0.25, -0.2) is 0 Å². The molecule has 1 amide bonds. The number of H-pyrrole nitrogens is 1.